The minimum absolute atomic E-state index is 0.230. The van der Waals surface area contributed by atoms with Crippen LogP contribution >= 0.6 is 35.4 Å². The largest absolute Gasteiger partial charge is 0.497 e. The van der Waals surface area contributed by atoms with Gasteiger partial charge in [0, 0.05) is 16.1 Å². The van der Waals surface area contributed by atoms with E-state index in [-0.39, 0.29) is 5.91 Å². The molecule has 7 heteroatoms. The zero-order valence-corrected chi connectivity index (χ0v) is 16.7. The Morgan fingerprint density at radius 2 is 1.81 bits per heavy atom. The van der Waals surface area contributed by atoms with Crippen LogP contribution in [0.15, 0.2) is 47.5 Å². The van der Waals surface area contributed by atoms with Crippen molar-refractivity contribution < 1.29 is 9.53 Å². The SMILES string of the molecule is COc1ccc(C(=O)N2C(=S)C(c3ccc(Cl)cc3Cl)=NC2(C)C)cc1. The third-order valence-corrected chi connectivity index (χ3v) is 4.99. The number of halogens is 2. The molecule has 0 spiro atoms. The molecule has 2 aromatic rings. The molecular weight excluding hydrogens is 391 g/mol. The number of thiocarbonyl (C=S) groups is 1. The number of aliphatic imine (C=N–C) groups is 1. The second-order valence-electron chi connectivity index (χ2n) is 6.25. The second kappa shape index (κ2) is 6.99. The van der Waals surface area contributed by atoms with Crippen LogP contribution in [0.25, 0.3) is 0 Å². The summed E-state index contributed by atoms with van der Waals surface area (Å²) in [6.45, 7) is 3.66. The highest BCUT2D eigenvalue weighted by Gasteiger charge is 2.42. The molecule has 1 aliphatic rings. The van der Waals surface area contributed by atoms with Crippen LogP contribution in [0.4, 0.5) is 0 Å². The predicted octanol–water partition coefficient (Wildman–Crippen LogP) is 5.01. The first-order valence-electron chi connectivity index (χ1n) is 7.83. The lowest BCUT2D eigenvalue weighted by Crippen LogP contribution is -2.46. The summed E-state index contributed by atoms with van der Waals surface area (Å²) in [4.78, 5) is 19.5. The monoisotopic (exact) mass is 406 g/mol. The number of methoxy groups -OCH3 is 1. The molecular formula is C19H16Cl2N2O2S. The van der Waals surface area contributed by atoms with Crippen LogP contribution in [0.1, 0.15) is 29.8 Å². The lowest BCUT2D eigenvalue weighted by molar-refractivity contribution is 0.0758. The number of hydrogen-bond donors (Lipinski definition) is 0. The van der Waals surface area contributed by atoms with E-state index in [1.165, 1.54) is 4.90 Å². The van der Waals surface area contributed by atoms with Crippen LogP contribution in [0, 0.1) is 0 Å². The van der Waals surface area contributed by atoms with E-state index in [1.807, 2.05) is 13.8 Å². The minimum Gasteiger partial charge on any atom is -0.497 e. The van der Waals surface area contributed by atoms with Gasteiger partial charge in [0.05, 0.1) is 12.1 Å². The van der Waals surface area contributed by atoms with Crippen molar-refractivity contribution in [1.29, 1.82) is 0 Å². The molecule has 2 aromatic carbocycles. The van der Waals surface area contributed by atoms with Gasteiger partial charge in [0.1, 0.15) is 22.1 Å². The highest BCUT2D eigenvalue weighted by molar-refractivity contribution is 7.82. The van der Waals surface area contributed by atoms with Crippen LogP contribution in [0.3, 0.4) is 0 Å². The number of amides is 1. The van der Waals surface area contributed by atoms with Gasteiger partial charge in [-0.25, -0.2) is 0 Å². The Labute approximate surface area is 167 Å². The van der Waals surface area contributed by atoms with Crippen molar-refractivity contribution in [3.63, 3.8) is 0 Å². The molecule has 0 atom stereocenters. The first-order chi connectivity index (χ1) is 12.2. The van der Waals surface area contributed by atoms with Crippen LogP contribution in [0.2, 0.25) is 10.0 Å². The van der Waals surface area contributed by atoms with Gasteiger partial charge in [-0.1, -0.05) is 35.4 Å². The summed E-state index contributed by atoms with van der Waals surface area (Å²) in [5.41, 5.74) is 0.833. The molecule has 0 N–H and O–H groups in total. The van der Waals surface area contributed by atoms with Gasteiger partial charge in [-0.3, -0.25) is 14.7 Å². The minimum atomic E-state index is -0.827. The van der Waals surface area contributed by atoms with E-state index in [4.69, 9.17) is 40.2 Å². The topological polar surface area (TPSA) is 41.9 Å². The molecule has 1 heterocycles. The van der Waals surface area contributed by atoms with Gasteiger partial charge in [-0.2, -0.15) is 0 Å². The number of benzene rings is 2. The summed E-state index contributed by atoms with van der Waals surface area (Å²) in [5, 5.41) is 0.960. The Kier molecular flexibility index (Phi) is 5.06. The molecule has 26 heavy (non-hydrogen) atoms. The van der Waals surface area contributed by atoms with Gasteiger partial charge in [-0.05, 0) is 56.3 Å². The number of carbonyl (C=O) groups excluding carboxylic acids is 1. The molecule has 1 amide bonds. The number of rotatable bonds is 3. The zero-order valence-electron chi connectivity index (χ0n) is 14.4. The van der Waals surface area contributed by atoms with Gasteiger partial charge in [0.25, 0.3) is 5.91 Å². The van der Waals surface area contributed by atoms with Gasteiger partial charge < -0.3 is 4.74 Å². The summed E-state index contributed by atoms with van der Waals surface area (Å²) in [7, 11) is 1.57. The van der Waals surface area contributed by atoms with Crippen molar-refractivity contribution in [2.45, 2.75) is 19.5 Å². The molecule has 0 saturated heterocycles. The predicted molar refractivity (Wildman–Crippen MR) is 109 cm³/mol. The average molecular weight is 407 g/mol. The molecule has 1 aliphatic heterocycles. The smallest absolute Gasteiger partial charge is 0.260 e. The summed E-state index contributed by atoms with van der Waals surface area (Å²) < 4.78 is 5.14. The van der Waals surface area contributed by atoms with Crippen molar-refractivity contribution in [2.75, 3.05) is 7.11 Å². The lowest BCUT2D eigenvalue weighted by Gasteiger charge is -2.29. The Balaban J connectivity index is 1.97. The van der Waals surface area contributed by atoms with Gasteiger partial charge >= 0.3 is 0 Å². The molecule has 134 valence electrons. The fourth-order valence-corrected chi connectivity index (χ4v) is 3.75. The quantitative estimate of drug-likeness (QED) is 0.672. The molecule has 0 unspecified atom stereocenters. The Bertz CT molecular complexity index is 924. The molecule has 0 bridgehead atoms. The Hall–Kier alpha value is -1.95. The van der Waals surface area contributed by atoms with Gasteiger partial charge in [0.15, 0.2) is 0 Å². The first kappa shape index (κ1) is 18.8. The third-order valence-electron chi connectivity index (χ3n) is 4.06. The zero-order chi connectivity index (χ0) is 19.1. The van der Waals surface area contributed by atoms with Crippen molar-refractivity contribution in [1.82, 2.24) is 4.90 Å². The van der Waals surface area contributed by atoms with E-state index in [2.05, 4.69) is 4.99 Å². The van der Waals surface area contributed by atoms with Crippen molar-refractivity contribution in [3.8, 4) is 5.75 Å². The van der Waals surface area contributed by atoms with Crippen molar-refractivity contribution in [3.05, 3.63) is 63.6 Å². The number of nitrogens with zero attached hydrogens (tertiary/aromatic N) is 2. The molecule has 3 rings (SSSR count). The van der Waals surface area contributed by atoms with Crippen LogP contribution in [0.5, 0.6) is 5.75 Å². The Morgan fingerprint density at radius 1 is 1.15 bits per heavy atom. The maximum absolute atomic E-state index is 13.1. The van der Waals surface area contributed by atoms with Crippen LogP contribution in [-0.4, -0.2) is 34.3 Å². The number of carbonyl (C=O) groups is 1. The summed E-state index contributed by atoms with van der Waals surface area (Å²) in [5.74, 6) is 0.446. The van der Waals surface area contributed by atoms with E-state index in [1.54, 1.807) is 49.6 Å². The molecule has 0 aromatic heterocycles. The molecule has 0 fully saturated rings. The second-order valence-corrected chi connectivity index (χ2v) is 7.48. The highest BCUT2D eigenvalue weighted by atomic mass is 35.5. The fraction of sp³-hybridized carbons (Fsp3) is 0.211. The van der Waals surface area contributed by atoms with E-state index >= 15 is 0 Å². The first-order valence-corrected chi connectivity index (χ1v) is 8.99. The fourth-order valence-electron chi connectivity index (χ4n) is 2.79. The summed E-state index contributed by atoms with van der Waals surface area (Å²) >= 11 is 17.8. The average Bonchev–Trinajstić information content (AvgIpc) is 2.83. The van der Waals surface area contributed by atoms with Gasteiger partial charge in [0.2, 0.25) is 0 Å². The molecule has 0 saturated carbocycles. The lowest BCUT2D eigenvalue weighted by atomic mass is 10.1. The molecule has 0 radical (unpaired) electrons. The van der Waals surface area contributed by atoms with Crippen molar-refractivity contribution in [2.24, 2.45) is 4.99 Å². The number of ether oxygens (including phenoxy) is 1. The third kappa shape index (κ3) is 3.34. The van der Waals surface area contributed by atoms with E-state index < -0.39 is 5.66 Å². The maximum atomic E-state index is 13.1. The standard InChI is InChI=1S/C19H16Cl2N2O2S/c1-19(2)22-16(14-9-6-12(20)10-15(14)21)18(26)23(19)17(24)11-4-7-13(25-3)8-5-11/h4-10H,1-3H3. The summed E-state index contributed by atoms with van der Waals surface area (Å²) in [6.07, 6.45) is 0. The van der Waals surface area contributed by atoms with Crippen LogP contribution < -0.4 is 4.74 Å². The maximum Gasteiger partial charge on any atom is 0.260 e. The normalized spacial score (nSPS) is 15.8. The number of hydrogen-bond acceptors (Lipinski definition) is 4. The van der Waals surface area contributed by atoms with E-state index in [9.17, 15) is 4.79 Å². The van der Waals surface area contributed by atoms with E-state index in [0.29, 0.717) is 37.6 Å². The molecule has 0 aliphatic carbocycles. The van der Waals surface area contributed by atoms with Gasteiger partial charge in [-0.15, -0.1) is 0 Å². The summed E-state index contributed by atoms with van der Waals surface area (Å²) in [6, 6.07) is 12.0. The molecule has 4 nitrogen and oxygen atoms in total. The van der Waals surface area contributed by atoms with E-state index in [0.717, 1.165) is 0 Å². The highest BCUT2D eigenvalue weighted by Crippen LogP contribution is 2.32. The van der Waals surface area contributed by atoms with Crippen molar-refractivity contribution >= 4 is 52.0 Å². The Morgan fingerprint density at radius 3 is 2.38 bits per heavy atom. The van der Waals surface area contributed by atoms with Crippen LogP contribution in [-0.2, 0) is 0 Å².